The van der Waals surface area contributed by atoms with Crippen LogP contribution in [0.15, 0.2) is 29.3 Å². The van der Waals surface area contributed by atoms with E-state index in [-0.39, 0.29) is 11.7 Å². The van der Waals surface area contributed by atoms with Gasteiger partial charge in [0, 0.05) is 16.5 Å². The minimum Gasteiger partial charge on any atom is -0.348 e. The van der Waals surface area contributed by atoms with Gasteiger partial charge in [-0.1, -0.05) is 43.3 Å². The normalized spacial score (nSPS) is 25.6. The van der Waals surface area contributed by atoms with E-state index in [1.54, 1.807) is 0 Å². The monoisotopic (exact) mass is 331 g/mol. The molecule has 0 saturated carbocycles. The smallest absolute Gasteiger partial charge is 0.183 e. The third-order valence-electron chi connectivity index (χ3n) is 5.27. The first kappa shape index (κ1) is 17.4. The first-order valence-electron chi connectivity index (χ1n) is 8.44. The Hall–Kier alpha value is -1.43. The number of amidine groups is 1. The lowest BCUT2D eigenvalue weighted by molar-refractivity contribution is -0.226. The fourth-order valence-electron chi connectivity index (χ4n) is 2.82. The van der Waals surface area contributed by atoms with Crippen molar-refractivity contribution >= 4 is 5.84 Å². The van der Waals surface area contributed by atoms with Crippen molar-refractivity contribution < 1.29 is 14.7 Å². The highest BCUT2D eigenvalue weighted by Crippen LogP contribution is 2.38. The number of hydrogen-bond acceptors (Lipinski definition) is 4. The second-order valence-corrected chi connectivity index (χ2v) is 8.59. The van der Waals surface area contributed by atoms with Crippen molar-refractivity contribution in [3.05, 3.63) is 35.4 Å². The van der Waals surface area contributed by atoms with Crippen molar-refractivity contribution in [1.82, 2.24) is 5.06 Å². The van der Waals surface area contributed by atoms with Crippen LogP contribution in [0, 0.1) is 5.41 Å². The van der Waals surface area contributed by atoms with Gasteiger partial charge in [0.15, 0.2) is 12.1 Å². The Morgan fingerprint density at radius 1 is 1.00 bits per heavy atom. The summed E-state index contributed by atoms with van der Waals surface area (Å²) < 4.78 is 11.6. The van der Waals surface area contributed by atoms with E-state index in [0.29, 0.717) is 19.0 Å². The van der Waals surface area contributed by atoms with Crippen LogP contribution in [0.3, 0.4) is 0 Å². The molecule has 0 amide bonds. The van der Waals surface area contributed by atoms with Gasteiger partial charge >= 0.3 is 0 Å². The molecule has 2 aliphatic rings. The molecule has 1 fully saturated rings. The highest BCUT2D eigenvalue weighted by atomic mass is 16.7. The number of ether oxygens (including phenoxy) is 2. The molecule has 3 rings (SSSR count). The zero-order valence-corrected chi connectivity index (χ0v) is 15.4. The van der Waals surface area contributed by atoms with Crippen molar-refractivity contribution in [3.8, 4) is 0 Å². The van der Waals surface area contributed by atoms with Gasteiger partial charge in [-0.25, -0.2) is 0 Å². The van der Waals surface area contributed by atoms with Crippen LogP contribution >= 0.6 is 0 Å². The van der Waals surface area contributed by atoms with E-state index in [2.05, 4.69) is 18.8 Å². The lowest BCUT2D eigenvalue weighted by atomic mass is 9.84. The third kappa shape index (κ3) is 2.85. The summed E-state index contributed by atoms with van der Waals surface area (Å²) >= 11 is 0. The number of hydroxylamine groups is 2. The lowest BCUT2D eigenvalue weighted by Crippen LogP contribution is -2.50. The summed E-state index contributed by atoms with van der Waals surface area (Å²) in [7, 11) is 0. The first-order chi connectivity index (χ1) is 11.0. The SMILES string of the molecule is CC1(C)COC(c2ccc(C3=NC(C)(C)C(C)(C)N3[O])cc2)OC1. The molecule has 0 atom stereocenters. The fraction of sp³-hybridized carbons (Fsp3) is 0.632. The van der Waals surface area contributed by atoms with Crippen molar-refractivity contribution in [1.29, 1.82) is 0 Å². The molecule has 0 unspecified atom stereocenters. The maximum atomic E-state index is 12.6. The number of nitrogens with zero attached hydrogens (tertiary/aromatic N) is 2. The summed E-state index contributed by atoms with van der Waals surface area (Å²) in [5.74, 6) is 0.489. The standard InChI is InChI=1S/C19H27N2O3/c1-17(2)11-23-16(24-12-17)14-9-7-13(8-10-14)15-20-18(3,4)19(5,6)21(15)22/h7-10,16H,11-12H2,1-6H3. The van der Waals surface area contributed by atoms with Crippen LogP contribution in [0.1, 0.15) is 59.0 Å². The van der Waals surface area contributed by atoms with Gasteiger partial charge < -0.3 is 9.47 Å². The molecule has 1 aromatic carbocycles. The Bertz CT molecular complexity index is 637. The zero-order chi connectivity index (χ0) is 17.8. The molecular formula is C19H27N2O3. The van der Waals surface area contributed by atoms with Gasteiger partial charge in [-0.15, -0.1) is 0 Å². The van der Waals surface area contributed by atoms with Crippen molar-refractivity contribution in [2.45, 2.75) is 58.9 Å². The number of rotatable bonds is 2. The molecule has 1 aromatic rings. The first-order valence-corrected chi connectivity index (χ1v) is 8.44. The summed E-state index contributed by atoms with van der Waals surface area (Å²) in [6.07, 6.45) is -0.339. The molecule has 131 valence electrons. The molecule has 1 saturated heterocycles. The average Bonchev–Trinajstić information content (AvgIpc) is 2.67. The van der Waals surface area contributed by atoms with Crippen LogP contribution in [0.5, 0.6) is 0 Å². The summed E-state index contributed by atoms with van der Waals surface area (Å²) in [6.45, 7) is 13.4. The molecule has 1 radical (unpaired) electrons. The van der Waals surface area contributed by atoms with E-state index in [1.807, 2.05) is 52.0 Å². The largest absolute Gasteiger partial charge is 0.348 e. The molecule has 0 spiro atoms. The second kappa shape index (κ2) is 5.55. The molecule has 5 heteroatoms. The highest BCUT2D eigenvalue weighted by Gasteiger charge is 2.50. The zero-order valence-electron chi connectivity index (χ0n) is 15.4. The minimum atomic E-state index is -0.567. The molecule has 2 aliphatic heterocycles. The van der Waals surface area contributed by atoms with Crippen LogP contribution in [-0.2, 0) is 14.7 Å². The number of aliphatic imine (C=N–C) groups is 1. The van der Waals surface area contributed by atoms with Crippen LogP contribution < -0.4 is 0 Å². The predicted octanol–water partition coefficient (Wildman–Crippen LogP) is 3.72. The van der Waals surface area contributed by atoms with Crippen molar-refractivity contribution in [3.63, 3.8) is 0 Å². The van der Waals surface area contributed by atoms with E-state index < -0.39 is 11.1 Å². The fourth-order valence-corrected chi connectivity index (χ4v) is 2.82. The van der Waals surface area contributed by atoms with Gasteiger partial charge in [-0.2, -0.15) is 5.06 Å². The van der Waals surface area contributed by atoms with Gasteiger partial charge in [-0.3, -0.25) is 4.99 Å². The Labute approximate surface area is 144 Å². The summed E-state index contributed by atoms with van der Waals surface area (Å²) in [5.41, 5.74) is 0.841. The molecule has 5 nitrogen and oxygen atoms in total. The van der Waals surface area contributed by atoms with Crippen LogP contribution in [-0.4, -0.2) is 35.2 Å². The topological polar surface area (TPSA) is 54.0 Å². The minimum absolute atomic E-state index is 0.0508. The summed E-state index contributed by atoms with van der Waals surface area (Å²) in [6, 6.07) is 7.74. The molecule has 0 aliphatic carbocycles. The molecule has 24 heavy (non-hydrogen) atoms. The average molecular weight is 331 g/mol. The molecule has 0 aromatic heterocycles. The Balaban J connectivity index is 1.79. The van der Waals surface area contributed by atoms with E-state index >= 15 is 0 Å². The lowest BCUT2D eigenvalue weighted by Gasteiger charge is -2.35. The number of hydrogen-bond donors (Lipinski definition) is 0. The Morgan fingerprint density at radius 2 is 1.54 bits per heavy atom. The quantitative estimate of drug-likeness (QED) is 0.830. The van der Waals surface area contributed by atoms with Crippen molar-refractivity contribution in [2.75, 3.05) is 13.2 Å². The Morgan fingerprint density at radius 3 is 2.00 bits per heavy atom. The Kier molecular flexibility index (Phi) is 4.02. The molecular weight excluding hydrogens is 304 g/mol. The van der Waals surface area contributed by atoms with Gasteiger partial charge in [0.2, 0.25) is 0 Å². The van der Waals surface area contributed by atoms with Crippen molar-refractivity contribution in [2.24, 2.45) is 10.4 Å². The van der Waals surface area contributed by atoms with Crippen LogP contribution in [0.4, 0.5) is 0 Å². The molecule has 0 N–H and O–H groups in total. The van der Waals surface area contributed by atoms with E-state index in [1.165, 1.54) is 0 Å². The third-order valence-corrected chi connectivity index (χ3v) is 5.27. The second-order valence-electron chi connectivity index (χ2n) is 8.59. The van der Waals surface area contributed by atoms with Crippen LogP contribution in [0.25, 0.3) is 0 Å². The van der Waals surface area contributed by atoms with Crippen LogP contribution in [0.2, 0.25) is 0 Å². The van der Waals surface area contributed by atoms with Gasteiger partial charge in [0.25, 0.3) is 0 Å². The summed E-state index contributed by atoms with van der Waals surface area (Å²) in [4.78, 5) is 4.65. The molecule has 0 bridgehead atoms. The highest BCUT2D eigenvalue weighted by molar-refractivity contribution is 6.00. The maximum Gasteiger partial charge on any atom is 0.183 e. The van der Waals surface area contributed by atoms with Gasteiger partial charge in [-0.05, 0) is 27.7 Å². The number of benzene rings is 1. The maximum absolute atomic E-state index is 12.6. The van der Waals surface area contributed by atoms with Gasteiger partial charge in [0.05, 0.1) is 24.3 Å². The summed E-state index contributed by atoms with van der Waals surface area (Å²) in [5, 5.41) is 13.7. The van der Waals surface area contributed by atoms with E-state index in [0.717, 1.165) is 16.2 Å². The molecule has 2 heterocycles. The van der Waals surface area contributed by atoms with E-state index in [4.69, 9.17) is 9.47 Å². The van der Waals surface area contributed by atoms with Gasteiger partial charge in [0.1, 0.15) is 0 Å². The van der Waals surface area contributed by atoms with E-state index in [9.17, 15) is 5.21 Å². The predicted molar refractivity (Wildman–Crippen MR) is 92.1 cm³/mol.